The van der Waals surface area contributed by atoms with Gasteiger partial charge in [-0.05, 0) is 49.1 Å². The third-order valence-corrected chi connectivity index (χ3v) is 3.68. The molecule has 0 aliphatic heterocycles. The van der Waals surface area contributed by atoms with E-state index in [1.54, 1.807) is 0 Å². The summed E-state index contributed by atoms with van der Waals surface area (Å²) in [5, 5.41) is 0. The minimum atomic E-state index is 0.711. The molecule has 0 saturated carbocycles. The molecule has 2 N–H and O–H groups in total. The minimum Gasteiger partial charge on any atom is -0.374 e. The van der Waals surface area contributed by atoms with Gasteiger partial charge in [-0.2, -0.15) is 0 Å². The van der Waals surface area contributed by atoms with Crippen LogP contribution < -0.4 is 10.6 Å². The van der Waals surface area contributed by atoms with Crippen LogP contribution >= 0.6 is 0 Å². The molecule has 2 nitrogen and oxygen atoms in total. The van der Waals surface area contributed by atoms with E-state index in [2.05, 4.69) is 67.4 Å². The summed E-state index contributed by atoms with van der Waals surface area (Å²) in [6.45, 7) is 3.91. The third-order valence-electron chi connectivity index (χ3n) is 3.68. The van der Waals surface area contributed by atoms with Crippen molar-refractivity contribution in [2.24, 2.45) is 5.73 Å². The lowest BCUT2D eigenvalue weighted by Crippen LogP contribution is -2.21. The Balaban J connectivity index is 2.00. The maximum Gasteiger partial charge on any atom is 0.0393 e. The topological polar surface area (TPSA) is 29.3 Å². The Morgan fingerprint density at radius 2 is 1.70 bits per heavy atom. The highest BCUT2D eigenvalue weighted by molar-refractivity contribution is 5.54. The van der Waals surface area contributed by atoms with Crippen LogP contribution in [0.4, 0.5) is 5.69 Å². The van der Waals surface area contributed by atoms with Crippen molar-refractivity contribution in [3.63, 3.8) is 0 Å². The molecule has 0 aromatic heterocycles. The van der Waals surface area contributed by atoms with Gasteiger partial charge in [0.05, 0.1) is 0 Å². The number of likely N-dealkylation sites (N-methyl/N-ethyl adjacent to an activating group) is 1. The number of benzene rings is 2. The minimum absolute atomic E-state index is 0.711. The lowest BCUT2D eigenvalue weighted by molar-refractivity contribution is 0.871. The molecule has 2 aromatic rings. The summed E-state index contributed by atoms with van der Waals surface area (Å²) in [5.74, 6) is 0. The summed E-state index contributed by atoms with van der Waals surface area (Å²) in [4.78, 5) is 2.33. The Hall–Kier alpha value is -1.80. The number of hydrogen-bond acceptors (Lipinski definition) is 2. The van der Waals surface area contributed by atoms with Crippen LogP contribution in [0.3, 0.4) is 0 Å². The predicted octanol–water partition coefficient (Wildman–Crippen LogP) is 3.18. The zero-order valence-corrected chi connectivity index (χ0v) is 12.5. The van der Waals surface area contributed by atoms with E-state index in [4.69, 9.17) is 5.73 Å². The smallest absolute Gasteiger partial charge is 0.0393 e. The van der Waals surface area contributed by atoms with Gasteiger partial charge in [0.25, 0.3) is 0 Å². The van der Waals surface area contributed by atoms with Gasteiger partial charge >= 0.3 is 0 Å². The molecule has 0 unspecified atom stereocenters. The first kappa shape index (κ1) is 14.6. The standard InChI is InChI=1S/C18H24N2/c1-15-14-17(10-12-19)8-9-18(15)20(2)13-11-16-6-4-3-5-7-16/h3-9,14H,10-13,19H2,1-2H3. The van der Waals surface area contributed by atoms with E-state index >= 15 is 0 Å². The van der Waals surface area contributed by atoms with Gasteiger partial charge in [-0.3, -0.25) is 0 Å². The van der Waals surface area contributed by atoms with Gasteiger partial charge in [-0.25, -0.2) is 0 Å². The van der Waals surface area contributed by atoms with E-state index in [-0.39, 0.29) is 0 Å². The fourth-order valence-corrected chi connectivity index (χ4v) is 2.53. The number of nitrogens with two attached hydrogens (primary N) is 1. The van der Waals surface area contributed by atoms with Crippen LogP contribution in [0.25, 0.3) is 0 Å². The Morgan fingerprint density at radius 3 is 2.35 bits per heavy atom. The van der Waals surface area contributed by atoms with E-state index in [1.807, 2.05) is 0 Å². The second-order valence-electron chi connectivity index (χ2n) is 5.32. The van der Waals surface area contributed by atoms with Crippen LogP contribution in [0.15, 0.2) is 48.5 Å². The van der Waals surface area contributed by atoms with E-state index in [0.29, 0.717) is 6.54 Å². The van der Waals surface area contributed by atoms with Crippen molar-refractivity contribution in [2.75, 3.05) is 25.0 Å². The molecular weight excluding hydrogens is 244 g/mol. The average molecular weight is 268 g/mol. The van der Waals surface area contributed by atoms with Crippen molar-refractivity contribution in [3.8, 4) is 0 Å². The van der Waals surface area contributed by atoms with Crippen LogP contribution in [0, 0.1) is 6.92 Å². The van der Waals surface area contributed by atoms with Gasteiger partial charge in [-0.15, -0.1) is 0 Å². The first-order valence-electron chi connectivity index (χ1n) is 7.25. The Bertz CT molecular complexity index is 534. The maximum atomic E-state index is 5.61. The van der Waals surface area contributed by atoms with E-state index in [9.17, 15) is 0 Å². The fourth-order valence-electron chi connectivity index (χ4n) is 2.53. The zero-order valence-electron chi connectivity index (χ0n) is 12.5. The molecule has 0 bridgehead atoms. The molecule has 0 saturated heterocycles. The molecule has 0 atom stereocenters. The lowest BCUT2D eigenvalue weighted by Gasteiger charge is -2.22. The van der Waals surface area contributed by atoms with Crippen molar-refractivity contribution in [2.45, 2.75) is 19.8 Å². The molecule has 20 heavy (non-hydrogen) atoms. The van der Waals surface area contributed by atoms with E-state index in [1.165, 1.54) is 22.4 Å². The maximum absolute atomic E-state index is 5.61. The normalized spacial score (nSPS) is 10.6. The Morgan fingerprint density at radius 1 is 0.950 bits per heavy atom. The molecule has 0 radical (unpaired) electrons. The highest BCUT2D eigenvalue weighted by atomic mass is 15.1. The predicted molar refractivity (Wildman–Crippen MR) is 87.4 cm³/mol. The quantitative estimate of drug-likeness (QED) is 0.872. The van der Waals surface area contributed by atoms with Gasteiger partial charge in [0.1, 0.15) is 0 Å². The largest absolute Gasteiger partial charge is 0.374 e. The first-order chi connectivity index (χ1) is 9.70. The summed E-state index contributed by atoms with van der Waals surface area (Å²) in [6, 6.07) is 17.3. The lowest BCUT2D eigenvalue weighted by atomic mass is 10.1. The monoisotopic (exact) mass is 268 g/mol. The number of hydrogen-bond donors (Lipinski definition) is 1. The van der Waals surface area contributed by atoms with Crippen molar-refractivity contribution in [1.29, 1.82) is 0 Å². The summed E-state index contributed by atoms with van der Waals surface area (Å²) >= 11 is 0. The number of aryl methyl sites for hydroxylation is 1. The summed E-state index contributed by atoms with van der Waals surface area (Å²) in [7, 11) is 2.16. The van der Waals surface area contributed by atoms with Crippen LogP contribution in [-0.4, -0.2) is 20.1 Å². The van der Waals surface area contributed by atoms with Gasteiger partial charge < -0.3 is 10.6 Å². The van der Waals surface area contributed by atoms with Crippen molar-refractivity contribution in [1.82, 2.24) is 0 Å². The molecule has 2 rings (SSSR count). The summed E-state index contributed by atoms with van der Waals surface area (Å²) < 4.78 is 0. The van der Waals surface area contributed by atoms with Gasteiger partial charge in [0.15, 0.2) is 0 Å². The Kier molecular flexibility index (Phi) is 5.19. The zero-order chi connectivity index (χ0) is 14.4. The van der Waals surface area contributed by atoms with Gasteiger partial charge in [0, 0.05) is 19.3 Å². The molecular formula is C18H24N2. The summed E-state index contributed by atoms with van der Waals surface area (Å²) in [5.41, 5.74) is 11.0. The van der Waals surface area contributed by atoms with Gasteiger partial charge in [0.2, 0.25) is 0 Å². The fraction of sp³-hybridized carbons (Fsp3) is 0.333. The second kappa shape index (κ2) is 7.11. The second-order valence-corrected chi connectivity index (χ2v) is 5.32. The third kappa shape index (κ3) is 3.84. The van der Waals surface area contributed by atoms with Crippen LogP contribution in [0.1, 0.15) is 16.7 Å². The molecule has 0 spiro atoms. The van der Waals surface area contributed by atoms with Crippen LogP contribution in [0.2, 0.25) is 0 Å². The molecule has 0 aliphatic carbocycles. The molecule has 2 aromatic carbocycles. The summed E-state index contributed by atoms with van der Waals surface area (Å²) in [6.07, 6.45) is 2.02. The highest BCUT2D eigenvalue weighted by Crippen LogP contribution is 2.20. The van der Waals surface area contributed by atoms with Crippen LogP contribution in [0.5, 0.6) is 0 Å². The number of anilines is 1. The molecule has 0 aliphatic rings. The van der Waals surface area contributed by atoms with Crippen LogP contribution in [-0.2, 0) is 12.8 Å². The van der Waals surface area contributed by atoms with Crippen molar-refractivity contribution in [3.05, 3.63) is 65.2 Å². The molecule has 106 valence electrons. The van der Waals surface area contributed by atoms with E-state index < -0.39 is 0 Å². The van der Waals surface area contributed by atoms with Crippen molar-refractivity contribution >= 4 is 5.69 Å². The van der Waals surface area contributed by atoms with Crippen molar-refractivity contribution < 1.29 is 0 Å². The Labute approximate surface area is 122 Å². The molecule has 0 fully saturated rings. The number of rotatable bonds is 6. The molecule has 2 heteroatoms. The first-order valence-corrected chi connectivity index (χ1v) is 7.25. The molecule has 0 amide bonds. The number of nitrogens with zero attached hydrogens (tertiary/aromatic N) is 1. The SMILES string of the molecule is Cc1cc(CCN)ccc1N(C)CCc1ccccc1. The van der Waals surface area contributed by atoms with E-state index in [0.717, 1.165) is 19.4 Å². The molecule has 0 heterocycles. The highest BCUT2D eigenvalue weighted by Gasteiger charge is 2.05. The average Bonchev–Trinajstić information content (AvgIpc) is 2.46. The van der Waals surface area contributed by atoms with Gasteiger partial charge in [-0.1, -0.05) is 42.5 Å².